The first kappa shape index (κ1) is 11.5. The van der Waals surface area contributed by atoms with Gasteiger partial charge in [-0.25, -0.2) is 0 Å². The van der Waals surface area contributed by atoms with Gasteiger partial charge >= 0.3 is 0 Å². The van der Waals surface area contributed by atoms with E-state index in [0.717, 1.165) is 12.8 Å². The molecule has 1 fully saturated rings. The Morgan fingerprint density at radius 1 is 1.50 bits per heavy atom. The van der Waals surface area contributed by atoms with Crippen LogP contribution >= 0.6 is 0 Å². The molecule has 0 aromatic heterocycles. The number of hydrogen-bond donors (Lipinski definition) is 2. The quantitative estimate of drug-likeness (QED) is 0.720. The topological polar surface area (TPSA) is 49.3 Å². The summed E-state index contributed by atoms with van der Waals surface area (Å²) in [5.74, 6) is 0.0164. The fraction of sp³-hybridized carbons (Fsp3) is 0.909. The van der Waals surface area contributed by atoms with Crippen molar-refractivity contribution in [3.8, 4) is 0 Å². The van der Waals surface area contributed by atoms with Crippen LogP contribution in [0.1, 0.15) is 40.5 Å². The van der Waals surface area contributed by atoms with E-state index in [2.05, 4.69) is 5.32 Å². The lowest BCUT2D eigenvalue weighted by molar-refractivity contribution is -0.128. The van der Waals surface area contributed by atoms with Crippen LogP contribution in [0.25, 0.3) is 0 Å². The van der Waals surface area contributed by atoms with E-state index in [1.807, 2.05) is 27.7 Å². The molecule has 0 aromatic rings. The van der Waals surface area contributed by atoms with Gasteiger partial charge in [-0.15, -0.1) is 0 Å². The van der Waals surface area contributed by atoms with Crippen LogP contribution in [0, 0.1) is 11.3 Å². The molecule has 0 radical (unpaired) electrons. The standard InChI is InChI=1S/C11H21NO2/c1-8(10(2,3)4)9(13)12-7-11(14)5-6-11/h8,14H,5-7H2,1-4H3,(H,12,13). The van der Waals surface area contributed by atoms with Crippen molar-refractivity contribution in [3.63, 3.8) is 0 Å². The van der Waals surface area contributed by atoms with E-state index in [0.29, 0.717) is 6.54 Å². The zero-order valence-corrected chi connectivity index (χ0v) is 9.55. The lowest BCUT2D eigenvalue weighted by Crippen LogP contribution is -2.40. The molecule has 0 bridgehead atoms. The molecule has 0 saturated heterocycles. The van der Waals surface area contributed by atoms with E-state index in [9.17, 15) is 9.90 Å². The molecule has 1 rings (SSSR count). The van der Waals surface area contributed by atoms with Crippen LogP contribution in [0.15, 0.2) is 0 Å². The van der Waals surface area contributed by atoms with E-state index < -0.39 is 5.60 Å². The van der Waals surface area contributed by atoms with Gasteiger partial charge < -0.3 is 10.4 Å². The molecule has 0 aromatic carbocycles. The largest absolute Gasteiger partial charge is 0.388 e. The molecule has 82 valence electrons. The molecule has 1 atom stereocenters. The van der Waals surface area contributed by atoms with Crippen molar-refractivity contribution in [2.24, 2.45) is 11.3 Å². The smallest absolute Gasteiger partial charge is 0.223 e. The molecule has 0 spiro atoms. The minimum absolute atomic E-state index is 0.0176. The monoisotopic (exact) mass is 199 g/mol. The van der Waals surface area contributed by atoms with Crippen molar-refractivity contribution in [1.82, 2.24) is 5.32 Å². The van der Waals surface area contributed by atoms with Crippen molar-refractivity contribution in [2.45, 2.75) is 46.1 Å². The summed E-state index contributed by atoms with van der Waals surface area (Å²) in [4.78, 5) is 11.6. The molecule has 3 heteroatoms. The van der Waals surface area contributed by atoms with Gasteiger partial charge in [-0.2, -0.15) is 0 Å². The predicted molar refractivity (Wildman–Crippen MR) is 55.8 cm³/mol. The maximum Gasteiger partial charge on any atom is 0.223 e. The molecule has 1 saturated carbocycles. The SMILES string of the molecule is CC(C(=O)NCC1(O)CC1)C(C)(C)C. The van der Waals surface area contributed by atoms with Gasteiger partial charge in [0.05, 0.1) is 5.60 Å². The van der Waals surface area contributed by atoms with Crippen LogP contribution in [-0.4, -0.2) is 23.2 Å². The summed E-state index contributed by atoms with van der Waals surface area (Å²) in [6, 6.07) is 0. The minimum Gasteiger partial charge on any atom is -0.388 e. The van der Waals surface area contributed by atoms with Gasteiger partial charge in [0.25, 0.3) is 0 Å². The Hall–Kier alpha value is -0.570. The number of carbonyl (C=O) groups excluding carboxylic acids is 1. The Bertz CT molecular complexity index is 226. The van der Waals surface area contributed by atoms with Crippen LogP contribution in [0.5, 0.6) is 0 Å². The molecular formula is C11H21NO2. The summed E-state index contributed by atoms with van der Waals surface area (Å²) in [5.41, 5.74) is -0.608. The highest BCUT2D eigenvalue weighted by Gasteiger charge is 2.41. The third kappa shape index (κ3) is 2.98. The second kappa shape index (κ2) is 3.54. The number of amides is 1. The predicted octanol–water partition coefficient (Wildman–Crippen LogP) is 1.31. The van der Waals surface area contributed by atoms with Crippen molar-refractivity contribution in [3.05, 3.63) is 0 Å². The first-order valence-corrected chi connectivity index (χ1v) is 5.25. The Morgan fingerprint density at radius 3 is 2.36 bits per heavy atom. The highest BCUT2D eigenvalue weighted by molar-refractivity contribution is 5.79. The normalized spacial score (nSPS) is 21.5. The van der Waals surface area contributed by atoms with Gasteiger partial charge in [-0.1, -0.05) is 27.7 Å². The fourth-order valence-corrected chi connectivity index (χ4v) is 1.12. The van der Waals surface area contributed by atoms with Gasteiger partial charge in [0.2, 0.25) is 5.91 Å². The van der Waals surface area contributed by atoms with Crippen LogP contribution in [0.2, 0.25) is 0 Å². The summed E-state index contributed by atoms with van der Waals surface area (Å²) in [5, 5.41) is 12.3. The molecule has 0 aliphatic heterocycles. The first-order valence-electron chi connectivity index (χ1n) is 5.25. The van der Waals surface area contributed by atoms with Gasteiger partial charge in [0, 0.05) is 12.5 Å². The lowest BCUT2D eigenvalue weighted by Gasteiger charge is -2.26. The van der Waals surface area contributed by atoms with Gasteiger partial charge in [0.1, 0.15) is 0 Å². The summed E-state index contributed by atoms with van der Waals surface area (Å²) in [6.07, 6.45) is 1.63. The molecule has 0 heterocycles. The molecule has 1 amide bonds. The maximum absolute atomic E-state index is 11.6. The molecule has 2 N–H and O–H groups in total. The molecular weight excluding hydrogens is 178 g/mol. The molecule has 14 heavy (non-hydrogen) atoms. The van der Waals surface area contributed by atoms with E-state index in [1.165, 1.54) is 0 Å². The zero-order chi connectivity index (χ0) is 11.0. The van der Waals surface area contributed by atoms with Gasteiger partial charge in [0.15, 0.2) is 0 Å². The van der Waals surface area contributed by atoms with E-state index in [1.54, 1.807) is 0 Å². The Morgan fingerprint density at radius 2 is 2.00 bits per heavy atom. The third-order valence-electron chi connectivity index (χ3n) is 3.11. The van der Waals surface area contributed by atoms with E-state index >= 15 is 0 Å². The third-order valence-corrected chi connectivity index (χ3v) is 3.11. The van der Waals surface area contributed by atoms with Crippen molar-refractivity contribution in [1.29, 1.82) is 0 Å². The van der Waals surface area contributed by atoms with Crippen molar-refractivity contribution in [2.75, 3.05) is 6.54 Å². The fourth-order valence-electron chi connectivity index (χ4n) is 1.12. The summed E-state index contributed by atoms with van der Waals surface area (Å²) >= 11 is 0. The summed E-state index contributed by atoms with van der Waals surface area (Å²) in [7, 11) is 0. The highest BCUT2D eigenvalue weighted by Crippen LogP contribution is 2.34. The molecule has 1 aliphatic carbocycles. The van der Waals surface area contributed by atoms with Crippen LogP contribution in [0.3, 0.4) is 0 Å². The van der Waals surface area contributed by atoms with Crippen molar-refractivity contribution >= 4 is 5.91 Å². The average molecular weight is 199 g/mol. The van der Waals surface area contributed by atoms with E-state index in [4.69, 9.17) is 0 Å². The molecule has 1 aliphatic rings. The highest BCUT2D eigenvalue weighted by atomic mass is 16.3. The molecule has 3 nitrogen and oxygen atoms in total. The van der Waals surface area contributed by atoms with Gasteiger partial charge in [-0.05, 0) is 18.3 Å². The number of nitrogens with one attached hydrogen (secondary N) is 1. The van der Waals surface area contributed by atoms with Crippen LogP contribution < -0.4 is 5.32 Å². The maximum atomic E-state index is 11.6. The Balaban J connectivity index is 2.34. The molecule has 1 unspecified atom stereocenters. The second-order valence-electron chi connectivity index (χ2n) is 5.53. The number of rotatable bonds is 3. The summed E-state index contributed by atoms with van der Waals surface area (Å²) < 4.78 is 0. The summed E-state index contributed by atoms with van der Waals surface area (Å²) in [6.45, 7) is 8.47. The second-order valence-corrected chi connectivity index (χ2v) is 5.53. The minimum atomic E-state index is -0.590. The first-order chi connectivity index (χ1) is 6.25. The van der Waals surface area contributed by atoms with Crippen LogP contribution in [0.4, 0.5) is 0 Å². The number of carbonyl (C=O) groups is 1. The Kier molecular flexibility index (Phi) is 2.91. The van der Waals surface area contributed by atoms with Crippen LogP contribution in [-0.2, 0) is 4.79 Å². The van der Waals surface area contributed by atoms with Crippen molar-refractivity contribution < 1.29 is 9.90 Å². The van der Waals surface area contributed by atoms with E-state index in [-0.39, 0.29) is 17.2 Å². The number of hydrogen-bond acceptors (Lipinski definition) is 2. The van der Waals surface area contributed by atoms with Gasteiger partial charge in [-0.3, -0.25) is 4.79 Å². The average Bonchev–Trinajstić information content (AvgIpc) is 2.77. The lowest BCUT2D eigenvalue weighted by atomic mass is 9.81. The number of aliphatic hydroxyl groups is 1. The zero-order valence-electron chi connectivity index (χ0n) is 9.55. The Labute approximate surface area is 85.9 Å².